The Bertz CT molecular complexity index is 418. The van der Waals surface area contributed by atoms with Crippen LogP contribution in [-0.4, -0.2) is 23.3 Å². The predicted octanol–water partition coefficient (Wildman–Crippen LogP) is 1.90. The Morgan fingerprint density at radius 3 is 2.41 bits per heavy atom. The second-order valence-corrected chi connectivity index (χ2v) is 4.95. The lowest BCUT2D eigenvalue weighted by Gasteiger charge is -2.21. The zero-order valence-electron chi connectivity index (χ0n) is 10.5. The van der Waals surface area contributed by atoms with Crippen molar-refractivity contribution in [2.75, 3.05) is 7.11 Å². The average Bonchev–Trinajstić information content (AvgIpc) is 2.26. The molecular weight excluding hydrogens is 220 g/mol. The average molecular weight is 238 g/mol. The van der Waals surface area contributed by atoms with Crippen LogP contribution in [0.3, 0.4) is 0 Å². The summed E-state index contributed by atoms with van der Waals surface area (Å²) >= 11 is 0. The van der Waals surface area contributed by atoms with E-state index >= 15 is 0 Å². The van der Waals surface area contributed by atoms with E-state index < -0.39 is 12.1 Å². The number of aliphatic hydroxyl groups excluding tert-OH is 1. The van der Waals surface area contributed by atoms with Crippen LogP contribution in [0.5, 0.6) is 5.75 Å². The molecule has 0 aliphatic rings. The summed E-state index contributed by atoms with van der Waals surface area (Å²) in [5, 5.41) is 19.4. The van der Waals surface area contributed by atoms with Crippen molar-refractivity contribution >= 4 is 5.97 Å². The first-order chi connectivity index (χ1) is 7.77. The molecular formula is C13H18O4. The van der Waals surface area contributed by atoms with Crippen molar-refractivity contribution in [3.8, 4) is 5.75 Å². The van der Waals surface area contributed by atoms with Gasteiger partial charge in [0.25, 0.3) is 0 Å². The van der Waals surface area contributed by atoms with Crippen LogP contribution in [0, 0.1) is 0 Å². The summed E-state index contributed by atoms with van der Waals surface area (Å²) in [7, 11) is 1.19. The van der Waals surface area contributed by atoms with Crippen LogP contribution in [0.25, 0.3) is 0 Å². The first-order valence-electron chi connectivity index (χ1n) is 5.36. The smallest absolute Gasteiger partial charge is 0.339 e. The molecule has 1 unspecified atom stereocenters. The molecule has 1 rings (SSSR count). The Morgan fingerprint density at radius 1 is 1.35 bits per heavy atom. The van der Waals surface area contributed by atoms with Gasteiger partial charge < -0.3 is 14.9 Å². The first kappa shape index (κ1) is 13.5. The van der Waals surface area contributed by atoms with Crippen LogP contribution in [0.2, 0.25) is 0 Å². The molecule has 2 N–H and O–H groups in total. The number of aromatic hydroxyl groups is 1. The summed E-state index contributed by atoms with van der Waals surface area (Å²) in [6, 6.07) is 4.86. The number of aliphatic hydroxyl groups is 1. The number of ether oxygens (including phenoxy) is 1. The van der Waals surface area contributed by atoms with Crippen molar-refractivity contribution in [2.24, 2.45) is 0 Å². The minimum Gasteiger partial charge on any atom is -0.508 e. The maximum atomic E-state index is 11.2. The van der Waals surface area contributed by atoms with Crippen LogP contribution in [0.1, 0.15) is 38.0 Å². The maximum Gasteiger partial charge on any atom is 0.339 e. The summed E-state index contributed by atoms with van der Waals surface area (Å²) in [6.45, 7) is 6.02. The maximum absolute atomic E-state index is 11.2. The normalized spacial score (nSPS) is 13.2. The highest BCUT2D eigenvalue weighted by Crippen LogP contribution is 2.31. The number of hydrogen-bond donors (Lipinski definition) is 2. The Hall–Kier alpha value is -1.55. The van der Waals surface area contributed by atoms with Gasteiger partial charge in [0.05, 0.1) is 7.11 Å². The number of hydrogen-bond acceptors (Lipinski definition) is 4. The van der Waals surface area contributed by atoms with Crippen molar-refractivity contribution in [3.63, 3.8) is 0 Å². The molecule has 0 bridgehead atoms. The van der Waals surface area contributed by atoms with E-state index in [4.69, 9.17) is 0 Å². The van der Waals surface area contributed by atoms with Crippen LogP contribution in [-0.2, 0) is 14.9 Å². The molecule has 0 heterocycles. The highest BCUT2D eigenvalue weighted by atomic mass is 16.5. The van der Waals surface area contributed by atoms with E-state index in [2.05, 4.69) is 4.74 Å². The van der Waals surface area contributed by atoms with Crippen LogP contribution >= 0.6 is 0 Å². The number of benzene rings is 1. The topological polar surface area (TPSA) is 66.8 Å². The molecule has 0 spiro atoms. The molecule has 0 aliphatic heterocycles. The summed E-state index contributed by atoms with van der Waals surface area (Å²) in [6.07, 6.45) is -1.46. The van der Waals surface area contributed by atoms with E-state index in [0.717, 1.165) is 5.56 Å². The molecule has 17 heavy (non-hydrogen) atoms. The van der Waals surface area contributed by atoms with Crippen LogP contribution in [0.15, 0.2) is 18.2 Å². The van der Waals surface area contributed by atoms with Crippen molar-refractivity contribution in [1.29, 1.82) is 0 Å². The summed E-state index contributed by atoms with van der Waals surface area (Å²) in [4.78, 5) is 11.2. The zero-order chi connectivity index (χ0) is 13.2. The molecule has 0 amide bonds. The van der Waals surface area contributed by atoms with E-state index in [0.29, 0.717) is 0 Å². The molecule has 4 heteroatoms. The predicted molar refractivity (Wildman–Crippen MR) is 63.8 cm³/mol. The van der Waals surface area contributed by atoms with E-state index in [-0.39, 0.29) is 16.7 Å². The van der Waals surface area contributed by atoms with Gasteiger partial charge in [0, 0.05) is 5.56 Å². The third kappa shape index (κ3) is 2.97. The third-order valence-corrected chi connectivity index (χ3v) is 2.61. The van der Waals surface area contributed by atoms with Gasteiger partial charge >= 0.3 is 5.97 Å². The van der Waals surface area contributed by atoms with Crippen molar-refractivity contribution in [1.82, 2.24) is 0 Å². The number of rotatable bonds is 2. The lowest BCUT2D eigenvalue weighted by atomic mass is 9.85. The van der Waals surface area contributed by atoms with Gasteiger partial charge in [0.15, 0.2) is 6.10 Å². The van der Waals surface area contributed by atoms with Gasteiger partial charge in [0.2, 0.25) is 0 Å². The van der Waals surface area contributed by atoms with Gasteiger partial charge in [-0.05, 0) is 23.1 Å². The highest BCUT2D eigenvalue weighted by Gasteiger charge is 2.24. The number of carbonyl (C=O) groups excluding carboxylic acids is 1. The van der Waals surface area contributed by atoms with Gasteiger partial charge in [-0.3, -0.25) is 0 Å². The fourth-order valence-electron chi connectivity index (χ4n) is 1.48. The quantitative estimate of drug-likeness (QED) is 0.772. The van der Waals surface area contributed by atoms with E-state index in [1.54, 1.807) is 12.1 Å². The highest BCUT2D eigenvalue weighted by molar-refractivity contribution is 5.77. The number of carbonyl (C=O) groups is 1. The minimum absolute atomic E-state index is 0.115. The Balaban J connectivity index is 3.20. The monoisotopic (exact) mass is 238 g/mol. The van der Waals surface area contributed by atoms with E-state index in [1.165, 1.54) is 13.2 Å². The van der Waals surface area contributed by atoms with Gasteiger partial charge in [-0.2, -0.15) is 0 Å². The Kier molecular flexibility index (Phi) is 3.78. The van der Waals surface area contributed by atoms with Crippen molar-refractivity contribution in [2.45, 2.75) is 32.3 Å². The largest absolute Gasteiger partial charge is 0.508 e. The van der Waals surface area contributed by atoms with Crippen LogP contribution in [0.4, 0.5) is 0 Å². The molecule has 0 fully saturated rings. The fraction of sp³-hybridized carbons (Fsp3) is 0.462. The Morgan fingerprint density at radius 2 is 1.94 bits per heavy atom. The number of phenols is 1. The second kappa shape index (κ2) is 4.75. The molecule has 0 aromatic heterocycles. The van der Waals surface area contributed by atoms with E-state index in [9.17, 15) is 15.0 Å². The minimum atomic E-state index is -1.46. The SMILES string of the molecule is COC(=O)C(O)c1cc(C(C)(C)C)ccc1O. The van der Waals surface area contributed by atoms with Crippen molar-refractivity contribution in [3.05, 3.63) is 29.3 Å². The molecule has 0 aliphatic carbocycles. The number of esters is 1. The first-order valence-corrected chi connectivity index (χ1v) is 5.36. The van der Waals surface area contributed by atoms with Gasteiger partial charge in [0.1, 0.15) is 5.75 Å². The van der Waals surface area contributed by atoms with Crippen LogP contribution < -0.4 is 0 Å². The fourth-order valence-corrected chi connectivity index (χ4v) is 1.48. The number of methoxy groups -OCH3 is 1. The van der Waals surface area contributed by atoms with Gasteiger partial charge in [-0.1, -0.05) is 26.8 Å². The van der Waals surface area contributed by atoms with E-state index in [1.807, 2.05) is 20.8 Å². The molecule has 94 valence electrons. The third-order valence-electron chi connectivity index (χ3n) is 2.61. The summed E-state index contributed by atoms with van der Waals surface area (Å²) < 4.78 is 4.45. The molecule has 4 nitrogen and oxygen atoms in total. The standard InChI is InChI=1S/C13H18O4/c1-13(2,3)8-5-6-10(14)9(7-8)11(15)12(16)17-4/h5-7,11,14-15H,1-4H3. The lowest BCUT2D eigenvalue weighted by molar-refractivity contribution is -0.150. The van der Waals surface area contributed by atoms with Crippen molar-refractivity contribution < 1.29 is 19.7 Å². The molecule has 1 aromatic carbocycles. The molecule has 1 aromatic rings. The molecule has 1 atom stereocenters. The summed E-state index contributed by atoms with van der Waals surface area (Å²) in [5.74, 6) is -0.901. The number of phenolic OH excluding ortho intramolecular Hbond substituents is 1. The molecule has 0 saturated carbocycles. The lowest BCUT2D eigenvalue weighted by Crippen LogP contribution is -2.16. The van der Waals surface area contributed by atoms with Gasteiger partial charge in [-0.15, -0.1) is 0 Å². The molecule has 0 radical (unpaired) electrons. The van der Waals surface area contributed by atoms with Gasteiger partial charge in [-0.25, -0.2) is 4.79 Å². The Labute approximate surface area is 101 Å². The summed E-state index contributed by atoms with van der Waals surface area (Å²) in [5.41, 5.74) is 0.968. The second-order valence-electron chi connectivity index (χ2n) is 4.95. The zero-order valence-corrected chi connectivity index (χ0v) is 10.5. The molecule has 0 saturated heterocycles.